The molecule has 0 aliphatic heterocycles. The van der Waals surface area contributed by atoms with Crippen molar-refractivity contribution in [2.45, 2.75) is 24.9 Å². The van der Waals surface area contributed by atoms with Crippen molar-refractivity contribution in [1.29, 1.82) is 0 Å². The summed E-state index contributed by atoms with van der Waals surface area (Å²) in [6.07, 6.45) is 0. The van der Waals surface area contributed by atoms with E-state index in [1.807, 2.05) is 49.4 Å². The largest absolute Gasteiger partial charge is 0.355 e. The van der Waals surface area contributed by atoms with Crippen LogP contribution in [-0.4, -0.2) is 38.4 Å². The number of nitrogens with zero attached hydrogens (tertiary/aromatic N) is 4. The summed E-state index contributed by atoms with van der Waals surface area (Å²) in [5.41, 5.74) is 3.26. The molecular weight excluding hydrogens is 346 g/mol. The number of hydrogen-bond donors (Lipinski definition) is 1. The van der Waals surface area contributed by atoms with Crippen LogP contribution in [0.25, 0.3) is 5.69 Å². The van der Waals surface area contributed by atoms with Crippen molar-refractivity contribution < 1.29 is 4.79 Å². The first-order valence-corrected chi connectivity index (χ1v) is 9.42. The zero-order valence-electron chi connectivity index (χ0n) is 14.8. The van der Waals surface area contributed by atoms with Gasteiger partial charge in [-0.3, -0.25) is 4.79 Å². The Balaban J connectivity index is 1.52. The maximum Gasteiger partial charge on any atom is 0.230 e. The monoisotopic (exact) mass is 367 g/mol. The highest BCUT2D eigenvalue weighted by molar-refractivity contribution is 7.99. The van der Waals surface area contributed by atoms with Crippen LogP contribution in [0.4, 0.5) is 0 Å². The Kier molecular flexibility index (Phi) is 6.01. The van der Waals surface area contributed by atoms with Gasteiger partial charge in [0.25, 0.3) is 0 Å². The number of aromatic nitrogens is 4. The number of tetrazole rings is 1. The highest BCUT2D eigenvalue weighted by atomic mass is 32.2. The number of aryl methyl sites for hydroxylation is 1. The number of carbonyl (C=O) groups excluding carboxylic acids is 1. The summed E-state index contributed by atoms with van der Waals surface area (Å²) in [5.74, 6) is 0.507. The average Bonchev–Trinajstić information content (AvgIpc) is 3.14. The first-order valence-electron chi connectivity index (χ1n) is 8.43. The summed E-state index contributed by atoms with van der Waals surface area (Å²) in [6, 6.07) is 18.1. The van der Waals surface area contributed by atoms with Gasteiger partial charge in [0.05, 0.1) is 11.4 Å². The first kappa shape index (κ1) is 18.1. The molecule has 0 fully saturated rings. The van der Waals surface area contributed by atoms with E-state index in [2.05, 4.69) is 39.9 Å². The molecule has 0 bridgehead atoms. The van der Waals surface area contributed by atoms with Gasteiger partial charge in [0, 0.05) is 6.54 Å². The Morgan fingerprint density at radius 2 is 1.88 bits per heavy atom. The molecule has 1 N–H and O–H groups in total. The minimum absolute atomic E-state index is 0.0313. The summed E-state index contributed by atoms with van der Waals surface area (Å²) in [7, 11) is 0. The van der Waals surface area contributed by atoms with E-state index in [1.54, 1.807) is 4.68 Å². The Morgan fingerprint density at radius 1 is 1.15 bits per heavy atom. The summed E-state index contributed by atoms with van der Waals surface area (Å²) < 4.78 is 1.64. The molecule has 1 atom stereocenters. The Morgan fingerprint density at radius 3 is 2.62 bits per heavy atom. The van der Waals surface area contributed by atoms with E-state index in [0.717, 1.165) is 5.69 Å². The predicted molar refractivity (Wildman–Crippen MR) is 102 cm³/mol. The highest BCUT2D eigenvalue weighted by Crippen LogP contribution is 2.18. The lowest BCUT2D eigenvalue weighted by Crippen LogP contribution is -2.29. The molecule has 1 aromatic heterocycles. The van der Waals surface area contributed by atoms with E-state index in [4.69, 9.17) is 0 Å². The minimum atomic E-state index is -0.0313. The fourth-order valence-corrected chi connectivity index (χ4v) is 3.19. The van der Waals surface area contributed by atoms with Gasteiger partial charge < -0.3 is 5.32 Å². The van der Waals surface area contributed by atoms with Crippen LogP contribution in [0.2, 0.25) is 0 Å². The zero-order chi connectivity index (χ0) is 18.4. The molecule has 26 heavy (non-hydrogen) atoms. The average molecular weight is 367 g/mol. The molecule has 3 rings (SSSR count). The fraction of sp³-hybridized carbons (Fsp3) is 0.263. The van der Waals surface area contributed by atoms with Crippen LogP contribution in [0.15, 0.2) is 59.8 Å². The molecule has 6 nitrogen and oxygen atoms in total. The summed E-state index contributed by atoms with van der Waals surface area (Å²) in [4.78, 5) is 12.2. The van der Waals surface area contributed by atoms with E-state index in [9.17, 15) is 4.79 Å². The standard InChI is InChI=1S/C19H21N5OS/c1-14-8-10-17(11-9-14)24-19(21-22-23-24)26-13-18(25)20-12-15(2)16-6-4-3-5-7-16/h3-11,15H,12-13H2,1-2H3,(H,20,25)/t15-/m1/s1. The molecular formula is C19H21N5OS. The van der Waals surface area contributed by atoms with Gasteiger partial charge in [-0.1, -0.05) is 66.7 Å². The lowest BCUT2D eigenvalue weighted by Gasteiger charge is -2.12. The quantitative estimate of drug-likeness (QED) is 0.650. The maximum atomic E-state index is 12.2. The molecule has 0 aliphatic rings. The molecule has 0 unspecified atom stereocenters. The van der Waals surface area contributed by atoms with Crippen LogP contribution in [0.5, 0.6) is 0 Å². The predicted octanol–water partition coefficient (Wildman–Crippen LogP) is 2.98. The summed E-state index contributed by atoms with van der Waals surface area (Å²) >= 11 is 1.32. The second kappa shape index (κ2) is 8.62. The third-order valence-electron chi connectivity index (χ3n) is 4.03. The number of nitrogens with one attached hydrogen (secondary N) is 1. The number of carbonyl (C=O) groups is 1. The normalized spacial score (nSPS) is 11.9. The number of hydrogen-bond acceptors (Lipinski definition) is 5. The van der Waals surface area contributed by atoms with E-state index in [-0.39, 0.29) is 17.6 Å². The topological polar surface area (TPSA) is 72.7 Å². The van der Waals surface area contributed by atoms with Crippen LogP contribution < -0.4 is 5.32 Å². The van der Waals surface area contributed by atoms with Gasteiger partial charge in [0.1, 0.15) is 0 Å². The molecule has 1 heterocycles. The smallest absolute Gasteiger partial charge is 0.230 e. The van der Waals surface area contributed by atoms with Gasteiger partial charge in [0.2, 0.25) is 11.1 Å². The third-order valence-corrected chi connectivity index (χ3v) is 4.95. The van der Waals surface area contributed by atoms with Gasteiger partial charge in [-0.05, 0) is 41.0 Å². The van der Waals surface area contributed by atoms with Crippen LogP contribution >= 0.6 is 11.8 Å². The van der Waals surface area contributed by atoms with Crippen molar-refractivity contribution in [3.05, 3.63) is 65.7 Å². The van der Waals surface area contributed by atoms with Gasteiger partial charge in [0.15, 0.2) is 0 Å². The molecule has 0 saturated carbocycles. The van der Waals surface area contributed by atoms with Crippen LogP contribution in [0.3, 0.4) is 0 Å². The summed E-state index contributed by atoms with van der Waals surface area (Å²) in [5, 5.41) is 15.3. The van der Waals surface area contributed by atoms with Crippen molar-refractivity contribution >= 4 is 17.7 Å². The molecule has 1 amide bonds. The van der Waals surface area contributed by atoms with E-state index in [0.29, 0.717) is 11.7 Å². The Bertz CT molecular complexity index is 848. The third kappa shape index (κ3) is 4.70. The fourth-order valence-electron chi connectivity index (χ4n) is 2.46. The maximum absolute atomic E-state index is 12.2. The second-order valence-corrected chi connectivity index (χ2v) is 7.06. The van der Waals surface area contributed by atoms with E-state index < -0.39 is 0 Å². The SMILES string of the molecule is Cc1ccc(-n2nnnc2SCC(=O)NC[C@@H](C)c2ccccc2)cc1. The Labute approximate surface area is 157 Å². The number of thioether (sulfide) groups is 1. The van der Waals surface area contributed by atoms with Crippen LogP contribution in [-0.2, 0) is 4.79 Å². The van der Waals surface area contributed by atoms with Crippen molar-refractivity contribution in [2.75, 3.05) is 12.3 Å². The van der Waals surface area contributed by atoms with Gasteiger partial charge in [-0.15, -0.1) is 5.10 Å². The number of amides is 1. The second-order valence-electron chi connectivity index (χ2n) is 6.11. The van der Waals surface area contributed by atoms with Crippen LogP contribution in [0.1, 0.15) is 24.0 Å². The van der Waals surface area contributed by atoms with E-state index >= 15 is 0 Å². The van der Waals surface area contributed by atoms with Crippen molar-refractivity contribution in [2.24, 2.45) is 0 Å². The lowest BCUT2D eigenvalue weighted by molar-refractivity contribution is -0.118. The highest BCUT2D eigenvalue weighted by Gasteiger charge is 2.12. The van der Waals surface area contributed by atoms with Gasteiger partial charge >= 0.3 is 0 Å². The summed E-state index contributed by atoms with van der Waals surface area (Å²) in [6.45, 7) is 4.73. The molecule has 7 heteroatoms. The molecule has 3 aromatic rings. The molecule has 0 spiro atoms. The molecule has 2 aromatic carbocycles. The Hall–Kier alpha value is -2.67. The molecule has 0 aliphatic carbocycles. The number of rotatable bonds is 7. The van der Waals surface area contributed by atoms with E-state index in [1.165, 1.54) is 22.9 Å². The van der Waals surface area contributed by atoms with Crippen molar-refractivity contribution in [3.8, 4) is 5.69 Å². The van der Waals surface area contributed by atoms with Crippen molar-refractivity contribution in [3.63, 3.8) is 0 Å². The molecule has 0 saturated heterocycles. The number of benzene rings is 2. The zero-order valence-corrected chi connectivity index (χ0v) is 15.6. The first-order chi connectivity index (χ1) is 12.6. The molecule has 134 valence electrons. The van der Waals surface area contributed by atoms with Gasteiger partial charge in [-0.25, -0.2) is 0 Å². The van der Waals surface area contributed by atoms with Crippen molar-refractivity contribution in [1.82, 2.24) is 25.5 Å². The van der Waals surface area contributed by atoms with Crippen LogP contribution in [0, 0.1) is 6.92 Å². The van der Waals surface area contributed by atoms with Gasteiger partial charge in [-0.2, -0.15) is 4.68 Å². The lowest BCUT2D eigenvalue weighted by atomic mass is 10.0. The minimum Gasteiger partial charge on any atom is -0.355 e. The molecule has 0 radical (unpaired) electrons.